The van der Waals surface area contributed by atoms with Crippen LogP contribution in [0.25, 0.3) is 0 Å². The number of sulfonamides is 1. The van der Waals surface area contributed by atoms with E-state index >= 15 is 0 Å². The number of nitrogens with one attached hydrogen (secondary N) is 2. The predicted octanol–water partition coefficient (Wildman–Crippen LogP) is 1.67. The summed E-state index contributed by atoms with van der Waals surface area (Å²) in [5.74, 6) is 0. The number of ether oxygens (including phenoxy) is 1. The number of benzene rings is 1. The molecular weight excluding hydrogens is 276 g/mol. The molecule has 0 heterocycles. The van der Waals surface area contributed by atoms with Crippen LogP contribution in [0.15, 0.2) is 29.2 Å². The van der Waals surface area contributed by atoms with Gasteiger partial charge in [0.2, 0.25) is 10.0 Å². The van der Waals surface area contributed by atoms with Crippen molar-refractivity contribution in [3.63, 3.8) is 0 Å². The lowest BCUT2D eigenvalue weighted by Crippen LogP contribution is -2.36. The summed E-state index contributed by atoms with van der Waals surface area (Å²) in [5.41, 5.74) is 0.938. The lowest BCUT2D eigenvalue weighted by molar-refractivity contribution is 0.133. The topological polar surface area (TPSA) is 67.4 Å². The van der Waals surface area contributed by atoms with E-state index in [0.29, 0.717) is 13.2 Å². The van der Waals surface area contributed by atoms with Crippen LogP contribution in [0.3, 0.4) is 0 Å². The van der Waals surface area contributed by atoms with E-state index in [1.807, 2.05) is 27.0 Å². The summed E-state index contributed by atoms with van der Waals surface area (Å²) < 4.78 is 32.4. The SMILES string of the molecule is CCOCC(C)NS(=O)(=O)c1cccc(C(C)NC)c1. The van der Waals surface area contributed by atoms with Gasteiger partial charge in [-0.15, -0.1) is 0 Å². The van der Waals surface area contributed by atoms with Crippen molar-refractivity contribution in [2.24, 2.45) is 0 Å². The van der Waals surface area contributed by atoms with Crippen LogP contribution < -0.4 is 10.0 Å². The van der Waals surface area contributed by atoms with E-state index in [1.54, 1.807) is 25.1 Å². The summed E-state index contributed by atoms with van der Waals surface area (Å²) in [6.45, 7) is 6.58. The van der Waals surface area contributed by atoms with Crippen LogP contribution >= 0.6 is 0 Å². The molecule has 2 unspecified atom stereocenters. The molecule has 2 N–H and O–H groups in total. The fourth-order valence-electron chi connectivity index (χ4n) is 1.78. The van der Waals surface area contributed by atoms with Gasteiger partial charge in [-0.25, -0.2) is 13.1 Å². The van der Waals surface area contributed by atoms with Crippen molar-refractivity contribution in [2.45, 2.75) is 37.8 Å². The first kappa shape index (κ1) is 17.1. The molecule has 5 nitrogen and oxygen atoms in total. The highest BCUT2D eigenvalue weighted by molar-refractivity contribution is 7.89. The Hall–Kier alpha value is -0.950. The van der Waals surface area contributed by atoms with Gasteiger partial charge in [0.1, 0.15) is 0 Å². The monoisotopic (exact) mass is 300 g/mol. The van der Waals surface area contributed by atoms with Gasteiger partial charge < -0.3 is 10.1 Å². The van der Waals surface area contributed by atoms with Crippen molar-refractivity contribution in [3.05, 3.63) is 29.8 Å². The third kappa shape index (κ3) is 4.86. The maximum atomic E-state index is 12.3. The third-order valence-corrected chi connectivity index (χ3v) is 4.62. The highest BCUT2D eigenvalue weighted by Gasteiger charge is 2.18. The summed E-state index contributed by atoms with van der Waals surface area (Å²) in [6, 6.07) is 6.80. The summed E-state index contributed by atoms with van der Waals surface area (Å²) in [4.78, 5) is 0.278. The Balaban J connectivity index is 2.87. The molecule has 0 bridgehead atoms. The van der Waals surface area contributed by atoms with Crippen molar-refractivity contribution >= 4 is 10.0 Å². The van der Waals surface area contributed by atoms with Crippen molar-refractivity contribution < 1.29 is 13.2 Å². The first-order valence-corrected chi connectivity index (χ1v) is 8.26. The minimum Gasteiger partial charge on any atom is -0.380 e. The Morgan fingerprint density at radius 2 is 2.00 bits per heavy atom. The molecule has 2 atom stereocenters. The summed E-state index contributed by atoms with van der Waals surface area (Å²) in [5, 5.41) is 3.09. The average Bonchev–Trinajstić information content (AvgIpc) is 2.44. The molecular formula is C14H24N2O3S. The Bertz CT molecular complexity index is 517. The predicted molar refractivity (Wildman–Crippen MR) is 80.2 cm³/mol. The minimum absolute atomic E-state index is 0.103. The Labute approximate surface area is 121 Å². The highest BCUT2D eigenvalue weighted by atomic mass is 32.2. The van der Waals surface area contributed by atoms with Crippen LogP contribution in [0, 0.1) is 0 Å². The van der Waals surface area contributed by atoms with Crippen LogP contribution in [-0.4, -0.2) is 34.7 Å². The van der Waals surface area contributed by atoms with Crippen molar-refractivity contribution in [1.29, 1.82) is 0 Å². The van der Waals surface area contributed by atoms with Gasteiger partial charge in [-0.05, 0) is 45.5 Å². The first-order valence-electron chi connectivity index (χ1n) is 6.78. The number of hydrogen-bond acceptors (Lipinski definition) is 4. The molecule has 6 heteroatoms. The van der Waals surface area contributed by atoms with Gasteiger partial charge in [-0.1, -0.05) is 12.1 Å². The standard InChI is InChI=1S/C14H24N2O3S/c1-5-19-10-11(2)16-20(17,18)14-8-6-7-13(9-14)12(3)15-4/h6-9,11-12,15-16H,5,10H2,1-4H3. The normalized spacial score (nSPS) is 15.0. The average molecular weight is 300 g/mol. The Morgan fingerprint density at radius 3 is 2.60 bits per heavy atom. The van der Waals surface area contributed by atoms with Gasteiger partial charge in [0.15, 0.2) is 0 Å². The summed E-state index contributed by atoms with van der Waals surface area (Å²) >= 11 is 0. The van der Waals surface area contributed by atoms with Crippen LogP contribution in [0.2, 0.25) is 0 Å². The largest absolute Gasteiger partial charge is 0.380 e. The highest BCUT2D eigenvalue weighted by Crippen LogP contribution is 2.17. The van der Waals surface area contributed by atoms with Gasteiger partial charge in [0.05, 0.1) is 11.5 Å². The van der Waals surface area contributed by atoms with Gasteiger partial charge in [-0.3, -0.25) is 0 Å². The van der Waals surface area contributed by atoms with E-state index in [9.17, 15) is 8.42 Å². The van der Waals surface area contributed by atoms with E-state index in [1.165, 1.54) is 0 Å². The maximum absolute atomic E-state index is 12.3. The third-order valence-electron chi connectivity index (χ3n) is 3.03. The van der Waals surface area contributed by atoms with Crippen LogP contribution in [0.5, 0.6) is 0 Å². The molecule has 114 valence electrons. The van der Waals surface area contributed by atoms with E-state index in [4.69, 9.17) is 4.74 Å². The lowest BCUT2D eigenvalue weighted by atomic mass is 10.1. The molecule has 0 aliphatic carbocycles. The number of hydrogen-bond donors (Lipinski definition) is 2. The quantitative estimate of drug-likeness (QED) is 0.766. The second-order valence-corrected chi connectivity index (χ2v) is 6.48. The smallest absolute Gasteiger partial charge is 0.240 e. The van der Waals surface area contributed by atoms with Crippen molar-refractivity contribution in [2.75, 3.05) is 20.3 Å². The van der Waals surface area contributed by atoms with Crippen molar-refractivity contribution in [1.82, 2.24) is 10.0 Å². The zero-order chi connectivity index (χ0) is 15.2. The van der Waals surface area contributed by atoms with Gasteiger partial charge >= 0.3 is 0 Å². The maximum Gasteiger partial charge on any atom is 0.240 e. The molecule has 0 aromatic heterocycles. The lowest BCUT2D eigenvalue weighted by Gasteiger charge is -2.16. The minimum atomic E-state index is -3.51. The molecule has 0 radical (unpaired) electrons. The molecule has 0 saturated heterocycles. The molecule has 0 aliphatic heterocycles. The zero-order valence-corrected chi connectivity index (χ0v) is 13.3. The van der Waals surface area contributed by atoms with Gasteiger partial charge in [0.25, 0.3) is 0 Å². The summed E-state index contributed by atoms with van der Waals surface area (Å²) in [6.07, 6.45) is 0. The van der Waals surface area contributed by atoms with Crippen LogP contribution in [0.4, 0.5) is 0 Å². The van der Waals surface area contributed by atoms with Crippen LogP contribution in [0.1, 0.15) is 32.4 Å². The van der Waals surface area contributed by atoms with E-state index in [2.05, 4.69) is 10.0 Å². The van der Waals surface area contributed by atoms with Crippen molar-refractivity contribution in [3.8, 4) is 0 Å². The fraction of sp³-hybridized carbons (Fsp3) is 0.571. The zero-order valence-electron chi connectivity index (χ0n) is 12.5. The first-order chi connectivity index (χ1) is 9.40. The molecule has 0 spiro atoms. The molecule has 0 saturated carbocycles. The fourth-order valence-corrected chi connectivity index (χ4v) is 3.06. The molecule has 0 amide bonds. The van der Waals surface area contributed by atoms with E-state index in [0.717, 1.165) is 5.56 Å². The summed E-state index contributed by atoms with van der Waals surface area (Å²) in [7, 11) is -1.67. The molecule has 1 aromatic rings. The molecule has 0 fully saturated rings. The van der Waals surface area contributed by atoms with E-state index in [-0.39, 0.29) is 17.0 Å². The molecule has 20 heavy (non-hydrogen) atoms. The van der Waals surface area contributed by atoms with Crippen LogP contribution in [-0.2, 0) is 14.8 Å². The molecule has 1 aromatic carbocycles. The second-order valence-electron chi connectivity index (χ2n) is 4.76. The molecule has 0 aliphatic rings. The Morgan fingerprint density at radius 1 is 1.30 bits per heavy atom. The van der Waals surface area contributed by atoms with Gasteiger partial charge in [-0.2, -0.15) is 0 Å². The second kappa shape index (κ2) is 7.73. The van der Waals surface area contributed by atoms with Gasteiger partial charge in [0, 0.05) is 18.7 Å². The number of rotatable bonds is 8. The van der Waals surface area contributed by atoms with E-state index < -0.39 is 10.0 Å². The Kier molecular flexibility index (Phi) is 6.61. The molecule has 1 rings (SSSR count).